The van der Waals surface area contributed by atoms with Gasteiger partial charge in [-0.25, -0.2) is 0 Å². The number of phenolic OH excluding ortho intramolecular Hbond substituents is 1. The van der Waals surface area contributed by atoms with Crippen LogP contribution in [-0.2, 0) is 11.6 Å². The molecule has 0 unspecified atom stereocenters. The number of halogens is 3. The number of benzene rings is 1. The predicted molar refractivity (Wildman–Crippen MR) is 63.8 cm³/mol. The minimum Gasteiger partial charge on any atom is -0.508 e. The molecule has 1 nitrogen and oxygen atoms in total. The third-order valence-electron chi connectivity index (χ3n) is 3.71. The Balaban J connectivity index is 2.71. The molecule has 0 aromatic heterocycles. The topological polar surface area (TPSA) is 20.2 Å². The van der Waals surface area contributed by atoms with E-state index in [4.69, 9.17) is 0 Å². The van der Waals surface area contributed by atoms with Gasteiger partial charge < -0.3 is 5.11 Å². The second kappa shape index (κ2) is 3.90. The summed E-state index contributed by atoms with van der Waals surface area (Å²) in [4.78, 5) is 0. The zero-order valence-corrected chi connectivity index (χ0v) is 10.7. The van der Waals surface area contributed by atoms with Crippen molar-refractivity contribution in [2.75, 3.05) is 0 Å². The van der Waals surface area contributed by atoms with Crippen LogP contribution in [0, 0.1) is 0 Å². The molecule has 1 aliphatic carbocycles. The lowest BCUT2D eigenvalue weighted by Gasteiger charge is -2.23. The molecule has 0 radical (unpaired) electrons. The fourth-order valence-corrected chi connectivity index (χ4v) is 2.35. The lowest BCUT2D eigenvalue weighted by Crippen LogP contribution is -2.17. The molecule has 4 heteroatoms. The van der Waals surface area contributed by atoms with Gasteiger partial charge >= 0.3 is 6.18 Å². The monoisotopic (exact) mass is 258 g/mol. The van der Waals surface area contributed by atoms with Crippen LogP contribution in [0.25, 0.3) is 0 Å². The van der Waals surface area contributed by atoms with Crippen molar-refractivity contribution in [1.29, 1.82) is 0 Å². The normalized spacial score (nSPS) is 18.2. The van der Waals surface area contributed by atoms with Gasteiger partial charge in [0.05, 0.1) is 5.56 Å². The average molecular weight is 258 g/mol. The summed E-state index contributed by atoms with van der Waals surface area (Å²) < 4.78 is 39.8. The van der Waals surface area contributed by atoms with Gasteiger partial charge in [-0.3, -0.25) is 0 Å². The fourth-order valence-electron chi connectivity index (χ4n) is 2.35. The number of hydrogen-bond donors (Lipinski definition) is 1. The Morgan fingerprint density at radius 2 is 1.78 bits per heavy atom. The lowest BCUT2D eigenvalue weighted by atomic mass is 9.85. The van der Waals surface area contributed by atoms with Crippen molar-refractivity contribution in [2.24, 2.45) is 0 Å². The standard InChI is InChI=1S/C14H17F3O/c1-8(2)10-6-9(18)7-11(13(3)4-5-13)12(10)14(15,16)17/h6-8,18H,4-5H2,1-3H3. The summed E-state index contributed by atoms with van der Waals surface area (Å²) in [5, 5.41) is 9.66. The molecule has 0 amide bonds. The van der Waals surface area contributed by atoms with Gasteiger partial charge in [-0.15, -0.1) is 0 Å². The summed E-state index contributed by atoms with van der Waals surface area (Å²) in [6.07, 6.45) is -2.87. The van der Waals surface area contributed by atoms with Gasteiger partial charge in [-0.1, -0.05) is 20.8 Å². The van der Waals surface area contributed by atoms with Crippen molar-refractivity contribution in [1.82, 2.24) is 0 Å². The van der Waals surface area contributed by atoms with E-state index in [-0.39, 0.29) is 22.8 Å². The van der Waals surface area contributed by atoms with E-state index < -0.39 is 17.2 Å². The van der Waals surface area contributed by atoms with Gasteiger partial charge in [0.15, 0.2) is 0 Å². The van der Waals surface area contributed by atoms with E-state index in [2.05, 4.69) is 0 Å². The highest BCUT2D eigenvalue weighted by Crippen LogP contribution is 2.53. The van der Waals surface area contributed by atoms with Gasteiger partial charge in [-0.05, 0) is 47.4 Å². The van der Waals surface area contributed by atoms with Gasteiger partial charge in [0, 0.05) is 0 Å². The van der Waals surface area contributed by atoms with Crippen LogP contribution in [-0.4, -0.2) is 5.11 Å². The van der Waals surface area contributed by atoms with Gasteiger partial charge in [-0.2, -0.15) is 13.2 Å². The number of rotatable bonds is 2. The van der Waals surface area contributed by atoms with Crippen molar-refractivity contribution in [3.8, 4) is 5.75 Å². The van der Waals surface area contributed by atoms with Crippen LogP contribution >= 0.6 is 0 Å². The Bertz CT molecular complexity index is 471. The second-order valence-electron chi connectivity index (χ2n) is 5.67. The number of phenols is 1. The van der Waals surface area contributed by atoms with E-state index in [0.29, 0.717) is 0 Å². The first-order chi connectivity index (χ1) is 8.15. The van der Waals surface area contributed by atoms with Gasteiger partial charge in [0.1, 0.15) is 5.75 Å². The molecular formula is C14H17F3O. The maximum Gasteiger partial charge on any atom is 0.416 e. The molecule has 100 valence electrons. The van der Waals surface area contributed by atoms with Crippen molar-refractivity contribution in [2.45, 2.75) is 51.1 Å². The molecule has 1 fully saturated rings. The van der Waals surface area contributed by atoms with Crippen LogP contribution < -0.4 is 0 Å². The Hall–Kier alpha value is -1.19. The van der Waals surface area contributed by atoms with Crippen LogP contribution in [0.5, 0.6) is 5.75 Å². The second-order valence-corrected chi connectivity index (χ2v) is 5.67. The minimum atomic E-state index is -4.37. The summed E-state index contributed by atoms with van der Waals surface area (Å²) in [6, 6.07) is 2.52. The molecule has 1 aromatic rings. The predicted octanol–water partition coefficient (Wildman–Crippen LogP) is 4.59. The fraction of sp³-hybridized carbons (Fsp3) is 0.571. The zero-order chi connectivity index (χ0) is 13.7. The molecule has 1 saturated carbocycles. The van der Waals surface area contributed by atoms with E-state index >= 15 is 0 Å². The molecule has 2 rings (SSSR count). The van der Waals surface area contributed by atoms with Crippen molar-refractivity contribution in [3.63, 3.8) is 0 Å². The summed E-state index contributed by atoms with van der Waals surface area (Å²) in [6.45, 7) is 5.24. The molecule has 1 aromatic carbocycles. The Morgan fingerprint density at radius 1 is 1.22 bits per heavy atom. The van der Waals surface area contributed by atoms with E-state index in [9.17, 15) is 18.3 Å². The Labute approximate surface area is 105 Å². The maximum absolute atomic E-state index is 13.3. The molecule has 0 heterocycles. The molecule has 1 aliphatic rings. The SMILES string of the molecule is CC(C)c1cc(O)cc(C2(C)CC2)c1C(F)(F)F. The first kappa shape index (κ1) is 13.2. The van der Waals surface area contributed by atoms with E-state index in [0.717, 1.165) is 12.8 Å². The Morgan fingerprint density at radius 3 is 2.17 bits per heavy atom. The average Bonchev–Trinajstić information content (AvgIpc) is 2.94. The lowest BCUT2D eigenvalue weighted by molar-refractivity contribution is -0.139. The first-order valence-electron chi connectivity index (χ1n) is 6.10. The van der Waals surface area contributed by atoms with Gasteiger partial charge in [0.25, 0.3) is 0 Å². The highest BCUT2D eigenvalue weighted by molar-refractivity contribution is 5.50. The summed E-state index contributed by atoms with van der Waals surface area (Å²) in [5.41, 5.74) is -0.535. The molecule has 0 atom stereocenters. The minimum absolute atomic E-state index is 0.0742. The molecule has 1 N–H and O–H groups in total. The Kier molecular flexibility index (Phi) is 2.87. The highest BCUT2D eigenvalue weighted by Gasteiger charge is 2.47. The summed E-state index contributed by atoms with van der Waals surface area (Å²) in [5.74, 6) is -0.343. The van der Waals surface area contributed by atoms with Crippen LogP contribution in [0.2, 0.25) is 0 Å². The molecular weight excluding hydrogens is 241 g/mol. The van der Waals surface area contributed by atoms with Crippen LogP contribution in [0.3, 0.4) is 0 Å². The molecule has 0 saturated heterocycles. The number of aromatic hydroxyl groups is 1. The summed E-state index contributed by atoms with van der Waals surface area (Å²) >= 11 is 0. The van der Waals surface area contributed by atoms with E-state index in [1.165, 1.54) is 12.1 Å². The molecule has 18 heavy (non-hydrogen) atoms. The highest BCUT2D eigenvalue weighted by atomic mass is 19.4. The largest absolute Gasteiger partial charge is 0.508 e. The smallest absolute Gasteiger partial charge is 0.416 e. The van der Waals surface area contributed by atoms with E-state index in [1.807, 2.05) is 6.92 Å². The maximum atomic E-state index is 13.3. The van der Waals surface area contributed by atoms with Crippen LogP contribution in [0.15, 0.2) is 12.1 Å². The zero-order valence-electron chi connectivity index (χ0n) is 10.7. The molecule has 0 aliphatic heterocycles. The van der Waals surface area contributed by atoms with E-state index in [1.54, 1.807) is 13.8 Å². The van der Waals surface area contributed by atoms with Crippen molar-refractivity contribution < 1.29 is 18.3 Å². The third kappa shape index (κ3) is 2.20. The van der Waals surface area contributed by atoms with Crippen LogP contribution in [0.1, 0.15) is 56.2 Å². The number of hydrogen-bond acceptors (Lipinski definition) is 1. The first-order valence-corrected chi connectivity index (χ1v) is 6.10. The quantitative estimate of drug-likeness (QED) is 0.822. The number of alkyl halides is 3. The van der Waals surface area contributed by atoms with Crippen molar-refractivity contribution in [3.05, 3.63) is 28.8 Å². The molecule has 0 spiro atoms. The van der Waals surface area contributed by atoms with Crippen LogP contribution in [0.4, 0.5) is 13.2 Å². The molecule has 0 bridgehead atoms. The van der Waals surface area contributed by atoms with Gasteiger partial charge in [0.2, 0.25) is 0 Å². The van der Waals surface area contributed by atoms with Crippen molar-refractivity contribution >= 4 is 0 Å². The summed E-state index contributed by atoms with van der Waals surface area (Å²) in [7, 11) is 0. The third-order valence-corrected chi connectivity index (χ3v) is 3.71.